The van der Waals surface area contributed by atoms with Crippen molar-refractivity contribution in [2.24, 2.45) is 51.4 Å². The van der Waals surface area contributed by atoms with Gasteiger partial charge in [0.2, 0.25) is 0 Å². The van der Waals surface area contributed by atoms with Crippen LogP contribution in [-0.2, 0) is 14.3 Å². The fourth-order valence-electron chi connectivity index (χ4n) is 10.4. The third kappa shape index (κ3) is 4.21. The summed E-state index contributed by atoms with van der Waals surface area (Å²) in [6, 6.07) is 0. The van der Waals surface area contributed by atoms with Gasteiger partial charge in [0.1, 0.15) is 6.10 Å². The number of hydrogen-bond donors (Lipinski definition) is 1. The molecule has 0 N–H and O–H groups in total. The molecule has 0 aromatic heterocycles. The highest BCUT2D eigenvalue weighted by Gasteiger charge is 2.71. The van der Waals surface area contributed by atoms with Crippen molar-refractivity contribution < 1.29 is 14.3 Å². The van der Waals surface area contributed by atoms with Gasteiger partial charge in [-0.2, -0.15) is 17.7 Å². The summed E-state index contributed by atoms with van der Waals surface area (Å²) in [4.78, 5) is 25.2. The average Bonchev–Trinajstić information content (AvgIpc) is 3.36. The zero-order valence-electron chi connectivity index (χ0n) is 24.1. The number of amides is 1. The Labute approximate surface area is 230 Å². The molecule has 0 saturated heterocycles. The highest BCUT2D eigenvalue weighted by molar-refractivity contribution is 7.81. The quantitative estimate of drug-likeness (QED) is 0.288. The molecule has 0 aromatic carbocycles. The molecule has 5 rings (SSSR count). The van der Waals surface area contributed by atoms with Crippen molar-refractivity contribution >= 4 is 30.2 Å². The molecule has 1 spiro atoms. The monoisotopic (exact) mass is 530 g/mol. The molecule has 1 aliphatic heterocycles. The second-order valence-electron chi connectivity index (χ2n) is 14.3. The van der Waals surface area contributed by atoms with Gasteiger partial charge in [-0.15, -0.1) is 0 Å². The number of nitrogens with zero attached hydrogens (tertiary/aromatic N) is 2. The molecule has 1 amide bonds. The number of hydrogen-bond acceptors (Lipinski definition) is 5. The van der Waals surface area contributed by atoms with Crippen LogP contribution in [0.15, 0.2) is 5.10 Å². The van der Waals surface area contributed by atoms with Crippen molar-refractivity contribution in [3.8, 4) is 0 Å². The average molecular weight is 531 g/mol. The van der Waals surface area contributed by atoms with Gasteiger partial charge >= 0.3 is 5.97 Å². The minimum Gasteiger partial charge on any atom is -0.462 e. The molecule has 37 heavy (non-hydrogen) atoms. The highest BCUT2D eigenvalue weighted by atomic mass is 32.1. The molecule has 0 aromatic rings. The van der Waals surface area contributed by atoms with Crippen LogP contribution in [0.4, 0.5) is 0 Å². The zero-order valence-corrected chi connectivity index (χ0v) is 25.0. The summed E-state index contributed by atoms with van der Waals surface area (Å²) in [5.41, 5.74) is 1.24. The number of hydrazone groups is 1. The first-order valence-electron chi connectivity index (χ1n) is 15.2. The van der Waals surface area contributed by atoms with Crippen LogP contribution in [0.2, 0.25) is 0 Å². The summed E-state index contributed by atoms with van der Waals surface area (Å²) < 4.78 is 5.75. The lowest BCUT2D eigenvalue weighted by atomic mass is 9.42. The van der Waals surface area contributed by atoms with E-state index in [1.54, 1.807) is 0 Å². The van der Waals surface area contributed by atoms with E-state index in [-0.39, 0.29) is 34.7 Å². The smallest absolute Gasteiger partial charge is 0.302 e. The Hall–Kier alpha value is -1.04. The molecule has 6 heteroatoms. The maximum Gasteiger partial charge on any atom is 0.302 e. The van der Waals surface area contributed by atoms with E-state index in [0.717, 1.165) is 37.0 Å². The fourth-order valence-corrected chi connectivity index (χ4v) is 10.5. The summed E-state index contributed by atoms with van der Waals surface area (Å²) in [7, 11) is 0. The molecular formula is C31H50N2O3S. The van der Waals surface area contributed by atoms with E-state index < -0.39 is 0 Å². The van der Waals surface area contributed by atoms with Crippen molar-refractivity contribution in [2.75, 3.05) is 5.75 Å². The molecule has 0 unspecified atom stereocenters. The Morgan fingerprint density at radius 1 is 1.08 bits per heavy atom. The van der Waals surface area contributed by atoms with E-state index in [0.29, 0.717) is 29.6 Å². The number of esters is 1. The van der Waals surface area contributed by atoms with Crippen molar-refractivity contribution in [2.45, 2.75) is 124 Å². The van der Waals surface area contributed by atoms with Gasteiger partial charge in [0, 0.05) is 31.4 Å². The van der Waals surface area contributed by atoms with Crippen LogP contribution in [0, 0.1) is 46.3 Å². The molecule has 1 heterocycles. The second kappa shape index (κ2) is 9.86. The molecule has 5 aliphatic rings. The van der Waals surface area contributed by atoms with Crippen molar-refractivity contribution in [1.29, 1.82) is 0 Å². The summed E-state index contributed by atoms with van der Waals surface area (Å²) in [5, 5.41) is 7.03. The molecule has 4 fully saturated rings. The van der Waals surface area contributed by atoms with E-state index in [2.05, 4.69) is 47.2 Å². The Kier molecular flexibility index (Phi) is 7.33. The Morgan fingerprint density at radius 2 is 1.84 bits per heavy atom. The van der Waals surface area contributed by atoms with Gasteiger partial charge < -0.3 is 4.74 Å². The van der Waals surface area contributed by atoms with Crippen LogP contribution in [0.5, 0.6) is 0 Å². The zero-order chi connectivity index (χ0) is 26.8. The normalized spacial score (nSPS) is 43.1. The first-order chi connectivity index (χ1) is 17.5. The van der Waals surface area contributed by atoms with Crippen LogP contribution in [0.3, 0.4) is 0 Å². The molecule has 208 valence electrons. The highest BCUT2D eigenvalue weighted by Crippen LogP contribution is 2.71. The van der Waals surface area contributed by atoms with E-state index in [4.69, 9.17) is 9.84 Å². The topological polar surface area (TPSA) is 59.0 Å². The minimum atomic E-state index is -0.377. The lowest BCUT2D eigenvalue weighted by Crippen LogP contribution is -2.68. The number of fused-ring (bicyclic) bond motifs is 6. The Balaban J connectivity index is 1.45. The van der Waals surface area contributed by atoms with E-state index in [1.165, 1.54) is 57.6 Å². The van der Waals surface area contributed by atoms with E-state index in [1.807, 2.05) is 5.01 Å². The predicted molar refractivity (Wildman–Crippen MR) is 151 cm³/mol. The molecule has 9 atom stereocenters. The van der Waals surface area contributed by atoms with Crippen LogP contribution < -0.4 is 0 Å². The lowest BCUT2D eigenvalue weighted by molar-refractivity contribution is -0.175. The third-order valence-corrected chi connectivity index (χ3v) is 12.4. The summed E-state index contributed by atoms with van der Waals surface area (Å²) >= 11 is 4.38. The maximum absolute atomic E-state index is 13.3. The van der Waals surface area contributed by atoms with Gasteiger partial charge in [-0.25, -0.2) is 5.01 Å². The fraction of sp³-hybridized carbons (Fsp3) is 0.903. The van der Waals surface area contributed by atoms with Crippen molar-refractivity contribution in [3.63, 3.8) is 0 Å². The lowest BCUT2D eigenvalue weighted by Gasteiger charge is -2.64. The van der Waals surface area contributed by atoms with Crippen LogP contribution in [0.1, 0.15) is 112 Å². The van der Waals surface area contributed by atoms with Gasteiger partial charge in [-0.1, -0.05) is 53.9 Å². The molecular weight excluding hydrogens is 480 g/mol. The third-order valence-electron chi connectivity index (χ3n) is 12.1. The first-order valence-corrected chi connectivity index (χ1v) is 15.8. The molecule has 5 nitrogen and oxygen atoms in total. The number of ether oxygens (including phenoxy) is 1. The number of rotatable bonds is 7. The van der Waals surface area contributed by atoms with Crippen molar-refractivity contribution in [1.82, 2.24) is 5.01 Å². The van der Waals surface area contributed by atoms with Crippen molar-refractivity contribution in [3.05, 3.63) is 0 Å². The van der Waals surface area contributed by atoms with Crippen LogP contribution in [-0.4, -0.2) is 40.0 Å². The molecule has 4 aliphatic carbocycles. The number of carbonyl (C=O) groups is 2. The molecule has 4 saturated carbocycles. The van der Waals surface area contributed by atoms with E-state index >= 15 is 0 Å². The Bertz CT molecular complexity index is 951. The van der Waals surface area contributed by atoms with Gasteiger partial charge in [-0.3, -0.25) is 9.59 Å². The van der Waals surface area contributed by atoms with Gasteiger partial charge in [0.05, 0.1) is 11.3 Å². The first kappa shape index (κ1) is 27.5. The van der Waals surface area contributed by atoms with E-state index in [9.17, 15) is 9.59 Å². The largest absolute Gasteiger partial charge is 0.462 e. The Morgan fingerprint density at radius 3 is 2.51 bits per heavy atom. The number of thiol groups is 1. The summed E-state index contributed by atoms with van der Waals surface area (Å²) in [5.74, 6) is 3.98. The summed E-state index contributed by atoms with van der Waals surface area (Å²) in [6.45, 7) is 13.8. The SMILES string of the molecule is CC(=O)O[C@H]1CC[C@]2(C)[C@H]3CC[C@]4(C)[C@@H]([C@H](C)CCCC(C)C)CC[C@H]4[C@@H]3C3=NN(C(=O)CS)[C@]2(C3)C1. The molecule has 2 bridgehead atoms. The molecule has 0 radical (unpaired) electrons. The minimum absolute atomic E-state index is 0.00230. The van der Waals surface area contributed by atoms with Crippen LogP contribution >= 0.6 is 12.6 Å². The second-order valence-corrected chi connectivity index (χ2v) is 14.6. The van der Waals surface area contributed by atoms with Crippen LogP contribution in [0.25, 0.3) is 0 Å². The number of carbonyl (C=O) groups excluding carboxylic acids is 2. The maximum atomic E-state index is 13.3. The predicted octanol–water partition coefficient (Wildman–Crippen LogP) is 6.90. The van der Waals surface area contributed by atoms with Gasteiger partial charge in [0.15, 0.2) is 0 Å². The van der Waals surface area contributed by atoms with Gasteiger partial charge in [-0.05, 0) is 78.9 Å². The summed E-state index contributed by atoms with van der Waals surface area (Å²) in [6.07, 6.45) is 12.5. The van der Waals surface area contributed by atoms with Gasteiger partial charge in [0.25, 0.3) is 5.91 Å². The standard InChI is InChI=1S/C31H50N2O3S/c1-19(2)8-7-9-20(3)23-10-11-24-28-25(13-14-29(23,24)5)30(6)15-12-22(36-21(4)34)16-31(30)17-26(28)32-33(31)27(35)18-37/h19-20,22-25,28,37H,7-18H2,1-6H3/t20-,22+,23-,24+,25+,28+,29-,30-,31+/m1/s1.